The second-order valence-corrected chi connectivity index (χ2v) is 7.16. The van der Waals surface area contributed by atoms with Gasteiger partial charge in [0, 0.05) is 39.4 Å². The Balaban J connectivity index is 1.69. The van der Waals surface area contributed by atoms with Crippen LogP contribution >= 0.6 is 0 Å². The van der Waals surface area contributed by atoms with Crippen LogP contribution < -0.4 is 9.80 Å². The number of aromatic nitrogens is 2. The van der Waals surface area contributed by atoms with E-state index in [2.05, 4.69) is 14.9 Å². The SMILES string of the molecule is CN(CC1(O)CCCC1)c1cc(N2CCCC(CO)C2)ncn1. The number of piperidine rings is 1. The molecule has 1 unspecified atom stereocenters. The summed E-state index contributed by atoms with van der Waals surface area (Å²) in [7, 11) is 1.98. The van der Waals surface area contributed by atoms with E-state index in [1.165, 1.54) is 0 Å². The molecule has 2 fully saturated rings. The maximum atomic E-state index is 10.6. The lowest BCUT2D eigenvalue weighted by molar-refractivity contribution is 0.0558. The van der Waals surface area contributed by atoms with Gasteiger partial charge in [0.2, 0.25) is 0 Å². The fraction of sp³-hybridized carbons (Fsp3) is 0.765. The van der Waals surface area contributed by atoms with E-state index < -0.39 is 5.60 Å². The van der Waals surface area contributed by atoms with Gasteiger partial charge in [0.1, 0.15) is 18.0 Å². The van der Waals surface area contributed by atoms with Gasteiger partial charge in [-0.1, -0.05) is 12.8 Å². The van der Waals surface area contributed by atoms with Crippen LogP contribution in [0.3, 0.4) is 0 Å². The van der Waals surface area contributed by atoms with Gasteiger partial charge in [-0.05, 0) is 31.6 Å². The van der Waals surface area contributed by atoms with Gasteiger partial charge in [-0.25, -0.2) is 9.97 Å². The molecule has 1 saturated heterocycles. The number of rotatable bonds is 5. The number of nitrogens with zero attached hydrogens (tertiary/aromatic N) is 4. The third-order valence-corrected chi connectivity index (χ3v) is 5.20. The lowest BCUT2D eigenvalue weighted by atomic mass is 9.99. The molecule has 1 aromatic heterocycles. The minimum atomic E-state index is -0.576. The minimum Gasteiger partial charge on any atom is -0.396 e. The second-order valence-electron chi connectivity index (χ2n) is 7.16. The molecule has 2 N–H and O–H groups in total. The largest absolute Gasteiger partial charge is 0.396 e. The molecule has 0 radical (unpaired) electrons. The highest BCUT2D eigenvalue weighted by molar-refractivity contribution is 5.50. The second kappa shape index (κ2) is 7.01. The summed E-state index contributed by atoms with van der Waals surface area (Å²) < 4.78 is 0. The van der Waals surface area contributed by atoms with Crippen LogP contribution in [0.25, 0.3) is 0 Å². The highest BCUT2D eigenvalue weighted by atomic mass is 16.3. The van der Waals surface area contributed by atoms with Crippen LogP contribution in [0.1, 0.15) is 38.5 Å². The molecule has 0 spiro atoms. The van der Waals surface area contributed by atoms with Gasteiger partial charge in [0.25, 0.3) is 0 Å². The zero-order valence-electron chi connectivity index (χ0n) is 14.0. The fourth-order valence-electron chi connectivity index (χ4n) is 3.85. The van der Waals surface area contributed by atoms with Crippen molar-refractivity contribution in [3.63, 3.8) is 0 Å². The molecule has 2 heterocycles. The zero-order valence-corrected chi connectivity index (χ0v) is 14.0. The highest BCUT2D eigenvalue weighted by Gasteiger charge is 2.32. The molecule has 0 amide bonds. The first-order valence-electron chi connectivity index (χ1n) is 8.71. The van der Waals surface area contributed by atoms with Crippen molar-refractivity contribution in [3.05, 3.63) is 12.4 Å². The molecule has 0 aromatic carbocycles. The van der Waals surface area contributed by atoms with Gasteiger partial charge in [-0.2, -0.15) is 0 Å². The molecule has 1 aliphatic heterocycles. The average Bonchev–Trinajstić information content (AvgIpc) is 3.01. The highest BCUT2D eigenvalue weighted by Crippen LogP contribution is 2.31. The summed E-state index contributed by atoms with van der Waals surface area (Å²) in [5.74, 6) is 2.10. The van der Waals surface area contributed by atoms with Gasteiger partial charge in [-0.3, -0.25) is 0 Å². The Morgan fingerprint density at radius 2 is 2.09 bits per heavy atom. The Labute approximate surface area is 138 Å². The third-order valence-electron chi connectivity index (χ3n) is 5.20. The van der Waals surface area contributed by atoms with Crippen molar-refractivity contribution in [3.8, 4) is 0 Å². The molecule has 1 aliphatic carbocycles. The Morgan fingerprint density at radius 3 is 2.83 bits per heavy atom. The number of aliphatic hydroxyl groups excluding tert-OH is 1. The van der Waals surface area contributed by atoms with Crippen LogP contribution in [-0.4, -0.2) is 59.1 Å². The van der Waals surface area contributed by atoms with Crippen molar-refractivity contribution < 1.29 is 10.2 Å². The van der Waals surface area contributed by atoms with E-state index in [0.29, 0.717) is 12.5 Å². The van der Waals surface area contributed by atoms with Gasteiger partial charge in [-0.15, -0.1) is 0 Å². The molecular weight excluding hydrogens is 292 g/mol. The third kappa shape index (κ3) is 3.93. The topological polar surface area (TPSA) is 72.7 Å². The van der Waals surface area contributed by atoms with Gasteiger partial charge >= 0.3 is 0 Å². The maximum Gasteiger partial charge on any atom is 0.134 e. The summed E-state index contributed by atoms with van der Waals surface area (Å²) in [5.41, 5.74) is -0.576. The number of likely N-dealkylation sites (N-methyl/N-ethyl adjacent to an activating group) is 1. The van der Waals surface area contributed by atoms with E-state index in [9.17, 15) is 10.2 Å². The number of aliphatic hydroxyl groups is 2. The molecule has 0 bridgehead atoms. The number of anilines is 2. The average molecular weight is 320 g/mol. The van der Waals surface area contributed by atoms with Gasteiger partial charge in [0.15, 0.2) is 0 Å². The Kier molecular flexibility index (Phi) is 5.02. The van der Waals surface area contributed by atoms with E-state index in [4.69, 9.17) is 0 Å². The lowest BCUT2D eigenvalue weighted by Crippen LogP contribution is -2.40. The summed E-state index contributed by atoms with van der Waals surface area (Å²) in [4.78, 5) is 13.0. The van der Waals surface area contributed by atoms with E-state index in [1.807, 2.05) is 18.0 Å². The maximum absolute atomic E-state index is 10.6. The van der Waals surface area contributed by atoms with Crippen LogP contribution in [0.4, 0.5) is 11.6 Å². The van der Waals surface area contributed by atoms with Crippen LogP contribution in [0.15, 0.2) is 12.4 Å². The molecule has 2 aliphatic rings. The summed E-state index contributed by atoms with van der Waals surface area (Å²) in [6.45, 7) is 2.67. The van der Waals surface area contributed by atoms with Crippen molar-refractivity contribution in [2.75, 3.05) is 43.1 Å². The molecule has 1 saturated carbocycles. The Bertz CT molecular complexity index is 519. The standard InChI is InChI=1S/C17H28N4O2/c1-20(12-17(23)6-2-3-7-17)15-9-16(19-13-18-15)21-8-4-5-14(10-21)11-22/h9,13-14,22-23H,2-8,10-12H2,1H3. The molecular formula is C17H28N4O2. The molecule has 23 heavy (non-hydrogen) atoms. The lowest BCUT2D eigenvalue weighted by Gasteiger charge is -2.33. The molecule has 1 aromatic rings. The van der Waals surface area contributed by atoms with E-state index in [0.717, 1.165) is 63.3 Å². The van der Waals surface area contributed by atoms with E-state index >= 15 is 0 Å². The minimum absolute atomic E-state index is 0.237. The normalized spacial score (nSPS) is 24.0. The van der Waals surface area contributed by atoms with Crippen LogP contribution in [0.2, 0.25) is 0 Å². The van der Waals surface area contributed by atoms with Gasteiger partial charge in [0.05, 0.1) is 5.60 Å². The predicted octanol–water partition coefficient (Wildman–Crippen LogP) is 1.43. The first-order chi connectivity index (χ1) is 11.1. The fourth-order valence-corrected chi connectivity index (χ4v) is 3.85. The number of hydrogen-bond acceptors (Lipinski definition) is 6. The molecule has 128 valence electrons. The van der Waals surface area contributed by atoms with Crippen molar-refractivity contribution in [2.24, 2.45) is 5.92 Å². The molecule has 3 rings (SSSR count). The van der Waals surface area contributed by atoms with E-state index in [-0.39, 0.29) is 6.61 Å². The summed E-state index contributed by atoms with van der Waals surface area (Å²) in [6, 6.07) is 2.00. The molecule has 1 atom stereocenters. The van der Waals surface area contributed by atoms with Gasteiger partial charge < -0.3 is 20.0 Å². The molecule has 6 heteroatoms. The summed E-state index contributed by atoms with van der Waals surface area (Å²) in [6.07, 6.45) is 7.73. The Morgan fingerprint density at radius 1 is 1.30 bits per heavy atom. The monoisotopic (exact) mass is 320 g/mol. The zero-order chi connectivity index (χ0) is 16.3. The first-order valence-corrected chi connectivity index (χ1v) is 8.71. The predicted molar refractivity (Wildman–Crippen MR) is 90.7 cm³/mol. The van der Waals surface area contributed by atoms with E-state index in [1.54, 1.807) is 6.33 Å². The summed E-state index contributed by atoms with van der Waals surface area (Å²) in [5, 5.41) is 20.0. The van der Waals surface area contributed by atoms with Crippen molar-refractivity contribution >= 4 is 11.6 Å². The quantitative estimate of drug-likeness (QED) is 0.855. The van der Waals surface area contributed by atoms with Crippen LogP contribution in [0, 0.1) is 5.92 Å². The first kappa shape index (κ1) is 16.5. The summed E-state index contributed by atoms with van der Waals surface area (Å²) >= 11 is 0. The van der Waals surface area contributed by atoms with Crippen molar-refractivity contribution in [1.82, 2.24) is 9.97 Å². The van der Waals surface area contributed by atoms with Crippen LogP contribution in [-0.2, 0) is 0 Å². The van der Waals surface area contributed by atoms with Crippen molar-refractivity contribution in [2.45, 2.75) is 44.1 Å². The Hall–Kier alpha value is -1.40. The number of hydrogen-bond donors (Lipinski definition) is 2. The van der Waals surface area contributed by atoms with Crippen molar-refractivity contribution in [1.29, 1.82) is 0 Å². The van der Waals surface area contributed by atoms with Crippen LogP contribution in [0.5, 0.6) is 0 Å². The molecule has 6 nitrogen and oxygen atoms in total. The smallest absolute Gasteiger partial charge is 0.134 e.